The highest BCUT2D eigenvalue weighted by Crippen LogP contribution is 2.17. The van der Waals surface area contributed by atoms with Crippen molar-refractivity contribution in [2.75, 3.05) is 13.1 Å². The maximum Gasteiger partial charge on any atom is 0.406 e. The molecule has 0 saturated carbocycles. The molecule has 1 amide bonds. The predicted octanol–water partition coefficient (Wildman–Crippen LogP) is 2.73. The molecule has 110 valence electrons. The average molecular weight is 291 g/mol. The average Bonchev–Trinajstić information content (AvgIpc) is 2.22. The molecule has 2 N–H and O–H groups in total. The molecule has 3 nitrogen and oxygen atoms in total. The third-order valence-corrected chi connectivity index (χ3v) is 2.38. The summed E-state index contributed by atoms with van der Waals surface area (Å²) in [5.74, 6) is -0.599. The summed E-state index contributed by atoms with van der Waals surface area (Å²) >= 11 is 0. The molecule has 18 heavy (non-hydrogen) atoms. The minimum atomic E-state index is -4.37. The highest BCUT2D eigenvalue weighted by atomic mass is 35.5. The normalized spacial score (nSPS) is 12.8. The molecule has 7 heteroatoms. The summed E-state index contributed by atoms with van der Waals surface area (Å²) in [6, 6.07) is -0.820. The van der Waals surface area contributed by atoms with Crippen LogP contribution in [0, 0.1) is 0 Å². The van der Waals surface area contributed by atoms with Gasteiger partial charge in [0.05, 0.1) is 6.04 Å². The minimum absolute atomic E-state index is 0. The summed E-state index contributed by atoms with van der Waals surface area (Å²) in [5.41, 5.74) is 5.56. The van der Waals surface area contributed by atoms with Crippen LogP contribution in [0.5, 0.6) is 0 Å². The van der Waals surface area contributed by atoms with Crippen molar-refractivity contribution in [1.29, 1.82) is 0 Å². The van der Waals surface area contributed by atoms with Crippen molar-refractivity contribution in [3.05, 3.63) is 0 Å². The number of nitrogens with two attached hydrogens (primary N) is 1. The molecule has 0 aromatic rings. The number of hydrogen-bond acceptors (Lipinski definition) is 2. The molecule has 0 spiro atoms. The van der Waals surface area contributed by atoms with Crippen LogP contribution in [0.3, 0.4) is 0 Å². The first-order chi connectivity index (χ1) is 7.81. The van der Waals surface area contributed by atoms with Gasteiger partial charge in [0.2, 0.25) is 5.91 Å². The Hall–Kier alpha value is -0.490. The molecule has 0 radical (unpaired) electrons. The zero-order chi connectivity index (χ0) is 13.5. The van der Waals surface area contributed by atoms with E-state index in [9.17, 15) is 18.0 Å². The molecule has 1 unspecified atom stereocenters. The van der Waals surface area contributed by atoms with Crippen LogP contribution in [-0.4, -0.2) is 36.1 Å². The largest absolute Gasteiger partial charge is 0.406 e. The van der Waals surface area contributed by atoms with Crippen LogP contribution in [0.15, 0.2) is 0 Å². The maximum atomic E-state index is 12.3. The maximum absolute atomic E-state index is 12.3. The quantitative estimate of drug-likeness (QED) is 0.784. The summed E-state index contributed by atoms with van der Waals surface area (Å²) in [6.45, 7) is 2.62. The molecule has 0 heterocycles. The fourth-order valence-electron chi connectivity index (χ4n) is 1.50. The number of alkyl halides is 3. The first-order valence-electron chi connectivity index (χ1n) is 5.93. The molecule has 0 rings (SSSR count). The van der Waals surface area contributed by atoms with Gasteiger partial charge >= 0.3 is 6.18 Å². The zero-order valence-electron chi connectivity index (χ0n) is 10.8. The molecule has 0 bridgehead atoms. The molecule has 1 atom stereocenters. The van der Waals surface area contributed by atoms with Crippen LogP contribution >= 0.6 is 12.4 Å². The molecule has 0 aliphatic heterocycles. The molecular formula is C11H22ClF3N2O. The molecule has 0 fully saturated rings. The second kappa shape index (κ2) is 9.44. The van der Waals surface area contributed by atoms with Gasteiger partial charge in [-0.1, -0.05) is 26.7 Å². The number of carbonyl (C=O) groups is 1. The van der Waals surface area contributed by atoms with E-state index in [1.54, 1.807) is 0 Å². The van der Waals surface area contributed by atoms with E-state index in [1.807, 2.05) is 13.8 Å². The van der Waals surface area contributed by atoms with Crippen LogP contribution in [0.25, 0.3) is 0 Å². The fraction of sp³-hybridized carbons (Fsp3) is 0.909. The molecule has 0 aliphatic carbocycles. The van der Waals surface area contributed by atoms with Gasteiger partial charge in [-0.2, -0.15) is 13.2 Å². The highest BCUT2D eigenvalue weighted by molar-refractivity contribution is 5.85. The lowest BCUT2D eigenvalue weighted by Crippen LogP contribution is -2.47. The van der Waals surface area contributed by atoms with Crippen molar-refractivity contribution in [2.45, 2.75) is 51.7 Å². The van der Waals surface area contributed by atoms with Crippen molar-refractivity contribution in [1.82, 2.24) is 4.90 Å². The van der Waals surface area contributed by atoms with Gasteiger partial charge in [-0.15, -0.1) is 12.4 Å². The third-order valence-electron chi connectivity index (χ3n) is 2.38. The Kier molecular flexibility index (Phi) is 10.4. The SMILES string of the molecule is CCCCN(CC(F)(F)F)C(=O)C(N)CCC.Cl. The van der Waals surface area contributed by atoms with Crippen LogP contribution in [0.1, 0.15) is 39.5 Å². The molecule has 0 aliphatic rings. The summed E-state index contributed by atoms with van der Waals surface area (Å²) in [4.78, 5) is 12.5. The van der Waals surface area contributed by atoms with Crippen molar-refractivity contribution in [2.24, 2.45) is 5.73 Å². The monoisotopic (exact) mass is 290 g/mol. The van der Waals surface area contributed by atoms with Gasteiger partial charge in [0.1, 0.15) is 6.54 Å². The minimum Gasteiger partial charge on any atom is -0.332 e. The van der Waals surface area contributed by atoms with Crippen molar-refractivity contribution in [3.8, 4) is 0 Å². The lowest BCUT2D eigenvalue weighted by atomic mass is 10.1. The second-order valence-electron chi connectivity index (χ2n) is 4.12. The van der Waals surface area contributed by atoms with E-state index in [-0.39, 0.29) is 19.0 Å². The van der Waals surface area contributed by atoms with E-state index in [0.717, 1.165) is 11.3 Å². The topological polar surface area (TPSA) is 46.3 Å². The Bertz CT molecular complexity index is 237. The van der Waals surface area contributed by atoms with E-state index >= 15 is 0 Å². The van der Waals surface area contributed by atoms with Gasteiger partial charge < -0.3 is 10.6 Å². The molecule has 0 saturated heterocycles. The zero-order valence-corrected chi connectivity index (χ0v) is 11.6. The number of amides is 1. The van der Waals surface area contributed by atoms with Gasteiger partial charge in [0.15, 0.2) is 0 Å². The van der Waals surface area contributed by atoms with Crippen molar-refractivity contribution < 1.29 is 18.0 Å². The number of unbranched alkanes of at least 4 members (excludes halogenated alkanes) is 1. The smallest absolute Gasteiger partial charge is 0.332 e. The van der Waals surface area contributed by atoms with E-state index in [2.05, 4.69) is 0 Å². The highest BCUT2D eigenvalue weighted by Gasteiger charge is 2.33. The summed E-state index contributed by atoms with van der Waals surface area (Å²) < 4.78 is 36.9. The fourth-order valence-corrected chi connectivity index (χ4v) is 1.50. The number of nitrogens with zero attached hydrogens (tertiary/aromatic N) is 1. The van der Waals surface area contributed by atoms with Crippen LogP contribution in [0.4, 0.5) is 13.2 Å². The number of carbonyl (C=O) groups excluding carboxylic acids is 1. The van der Waals surface area contributed by atoms with Crippen LogP contribution < -0.4 is 5.73 Å². The number of halogens is 4. The van der Waals surface area contributed by atoms with E-state index in [1.165, 1.54) is 0 Å². The lowest BCUT2D eigenvalue weighted by molar-refractivity contribution is -0.162. The van der Waals surface area contributed by atoms with Gasteiger partial charge in [-0.3, -0.25) is 4.79 Å². The Morgan fingerprint density at radius 1 is 1.28 bits per heavy atom. The predicted molar refractivity (Wildman–Crippen MR) is 67.7 cm³/mol. The first kappa shape index (κ1) is 19.8. The van der Waals surface area contributed by atoms with Crippen LogP contribution in [-0.2, 0) is 4.79 Å². The Labute approximate surface area is 112 Å². The summed E-state index contributed by atoms with van der Waals surface area (Å²) in [6.07, 6.45) is -1.97. The van der Waals surface area contributed by atoms with Crippen molar-refractivity contribution >= 4 is 18.3 Å². The number of rotatable bonds is 7. The summed E-state index contributed by atoms with van der Waals surface area (Å²) in [7, 11) is 0. The van der Waals surface area contributed by atoms with Crippen molar-refractivity contribution in [3.63, 3.8) is 0 Å². The Balaban J connectivity index is 0. The molecule has 0 aromatic carbocycles. The number of hydrogen-bond donors (Lipinski definition) is 1. The van der Waals surface area contributed by atoms with Gasteiger partial charge in [-0.05, 0) is 12.8 Å². The first-order valence-corrected chi connectivity index (χ1v) is 5.93. The Morgan fingerprint density at radius 2 is 1.83 bits per heavy atom. The third kappa shape index (κ3) is 8.58. The van der Waals surface area contributed by atoms with Gasteiger partial charge in [0, 0.05) is 6.54 Å². The van der Waals surface area contributed by atoms with Gasteiger partial charge in [-0.25, -0.2) is 0 Å². The van der Waals surface area contributed by atoms with Gasteiger partial charge in [0.25, 0.3) is 0 Å². The Morgan fingerprint density at radius 3 is 2.22 bits per heavy atom. The standard InChI is InChI=1S/C11H21F3N2O.ClH/c1-3-5-7-16(8-11(12,13)14)10(17)9(15)6-4-2;/h9H,3-8,15H2,1-2H3;1H. The molecule has 0 aromatic heterocycles. The lowest BCUT2D eigenvalue weighted by Gasteiger charge is -2.26. The molecular weight excluding hydrogens is 269 g/mol. The second-order valence-corrected chi connectivity index (χ2v) is 4.12. The van der Waals surface area contributed by atoms with E-state index < -0.39 is 24.7 Å². The van der Waals surface area contributed by atoms with E-state index in [4.69, 9.17) is 5.73 Å². The van der Waals surface area contributed by atoms with Crippen LogP contribution in [0.2, 0.25) is 0 Å². The summed E-state index contributed by atoms with van der Waals surface area (Å²) in [5, 5.41) is 0. The van der Waals surface area contributed by atoms with E-state index in [0.29, 0.717) is 19.3 Å².